The summed E-state index contributed by atoms with van der Waals surface area (Å²) in [6.07, 6.45) is 0. The van der Waals surface area contributed by atoms with Gasteiger partial charge in [0, 0.05) is 38.7 Å². The number of anilines is 1. The molecule has 4 aromatic rings. The van der Waals surface area contributed by atoms with Crippen molar-refractivity contribution in [3.8, 4) is 22.7 Å². The minimum Gasteiger partial charge on any atom is -0.488 e. The molecule has 0 aliphatic carbocycles. The van der Waals surface area contributed by atoms with E-state index < -0.39 is 17.6 Å². The first-order valence-corrected chi connectivity index (χ1v) is 11.1. The van der Waals surface area contributed by atoms with Gasteiger partial charge < -0.3 is 19.8 Å². The number of esters is 1. The van der Waals surface area contributed by atoms with E-state index in [9.17, 15) is 13.6 Å². The lowest BCUT2D eigenvalue weighted by Crippen LogP contribution is -2.07. The number of benzene rings is 3. The van der Waals surface area contributed by atoms with E-state index in [0.29, 0.717) is 22.7 Å². The third-order valence-electron chi connectivity index (χ3n) is 5.31. The molecule has 174 valence electrons. The molecule has 0 bridgehead atoms. The molecule has 8 heteroatoms. The van der Waals surface area contributed by atoms with Crippen LogP contribution in [0.1, 0.15) is 21.6 Å². The molecule has 0 aliphatic heterocycles. The number of carbonyl (C=O) groups is 1. The Morgan fingerprint density at radius 3 is 2.56 bits per heavy atom. The summed E-state index contributed by atoms with van der Waals surface area (Å²) >= 11 is 3.50. The number of aromatic nitrogens is 1. The monoisotopic (exact) mass is 526 g/mol. The van der Waals surface area contributed by atoms with Gasteiger partial charge in [0.15, 0.2) is 0 Å². The molecule has 0 saturated heterocycles. The second-order valence-corrected chi connectivity index (χ2v) is 8.58. The van der Waals surface area contributed by atoms with E-state index in [1.807, 2.05) is 35.8 Å². The molecule has 1 aromatic heterocycles. The third kappa shape index (κ3) is 4.82. The molecule has 4 rings (SSSR count). The van der Waals surface area contributed by atoms with Crippen LogP contribution >= 0.6 is 15.9 Å². The fraction of sp³-hybridized carbons (Fsp3) is 0.115. The van der Waals surface area contributed by atoms with Gasteiger partial charge in [-0.2, -0.15) is 0 Å². The molecule has 0 atom stereocenters. The number of aryl methyl sites for hydroxylation is 1. The standard InChI is InChI=1S/C26H21BrF2N2O3/c1-15-3-7-24(31(15)21-10-17(26(32)33-2)9-20(30)13-21)22-11-18(27)5-8-25(22)34-14-16-4-6-19(28)12-23(16)29/h3-13H,14,30H2,1-2H3. The molecule has 0 unspecified atom stereocenters. The molecule has 0 saturated carbocycles. The zero-order chi connectivity index (χ0) is 24.4. The summed E-state index contributed by atoms with van der Waals surface area (Å²) in [5.41, 5.74) is 10.1. The van der Waals surface area contributed by atoms with Gasteiger partial charge in [-0.05, 0) is 67.6 Å². The first-order chi connectivity index (χ1) is 16.3. The number of nitrogens with zero attached hydrogens (tertiary/aromatic N) is 1. The van der Waals surface area contributed by atoms with Crippen molar-refractivity contribution in [3.05, 3.63) is 99.7 Å². The zero-order valence-corrected chi connectivity index (χ0v) is 20.0. The van der Waals surface area contributed by atoms with E-state index in [-0.39, 0.29) is 12.2 Å². The van der Waals surface area contributed by atoms with E-state index in [1.54, 1.807) is 24.3 Å². The van der Waals surface area contributed by atoms with E-state index in [1.165, 1.54) is 19.2 Å². The Hall–Kier alpha value is -3.65. The fourth-order valence-corrected chi connectivity index (χ4v) is 4.07. The van der Waals surface area contributed by atoms with Crippen molar-refractivity contribution in [2.75, 3.05) is 12.8 Å². The zero-order valence-electron chi connectivity index (χ0n) is 18.4. The van der Waals surface area contributed by atoms with Crippen LogP contribution in [-0.2, 0) is 11.3 Å². The van der Waals surface area contributed by atoms with Gasteiger partial charge in [0.1, 0.15) is 24.0 Å². The maximum absolute atomic E-state index is 14.1. The number of hydrogen-bond acceptors (Lipinski definition) is 4. The summed E-state index contributed by atoms with van der Waals surface area (Å²) in [5.74, 6) is -1.31. The number of methoxy groups -OCH3 is 1. The van der Waals surface area contributed by atoms with Crippen LogP contribution in [0.25, 0.3) is 16.9 Å². The number of carbonyl (C=O) groups excluding carboxylic acids is 1. The van der Waals surface area contributed by atoms with Crippen LogP contribution in [0, 0.1) is 18.6 Å². The Bertz CT molecular complexity index is 1380. The van der Waals surface area contributed by atoms with Crippen molar-refractivity contribution in [1.29, 1.82) is 0 Å². The predicted octanol–water partition coefficient (Wildman–Crippen LogP) is 6.44. The number of halogens is 3. The van der Waals surface area contributed by atoms with Crippen molar-refractivity contribution < 1.29 is 23.0 Å². The lowest BCUT2D eigenvalue weighted by atomic mass is 10.1. The maximum Gasteiger partial charge on any atom is 0.337 e. The lowest BCUT2D eigenvalue weighted by molar-refractivity contribution is 0.0600. The van der Waals surface area contributed by atoms with Gasteiger partial charge in [-0.15, -0.1) is 0 Å². The first-order valence-electron chi connectivity index (χ1n) is 10.3. The van der Waals surface area contributed by atoms with Crippen LogP contribution in [0.15, 0.2) is 71.2 Å². The summed E-state index contributed by atoms with van der Waals surface area (Å²) in [5, 5.41) is 0. The van der Waals surface area contributed by atoms with Crippen molar-refractivity contribution in [2.24, 2.45) is 0 Å². The third-order valence-corrected chi connectivity index (χ3v) is 5.80. The van der Waals surface area contributed by atoms with Crippen molar-refractivity contribution >= 4 is 27.6 Å². The molecule has 0 amide bonds. The maximum atomic E-state index is 14.1. The second-order valence-electron chi connectivity index (χ2n) is 7.67. The summed E-state index contributed by atoms with van der Waals surface area (Å²) in [7, 11) is 1.31. The Balaban J connectivity index is 1.78. The first kappa shape index (κ1) is 23.5. The molecular weight excluding hydrogens is 506 g/mol. The number of nitrogen functional groups attached to an aromatic ring is 1. The van der Waals surface area contributed by atoms with Gasteiger partial charge >= 0.3 is 5.97 Å². The van der Waals surface area contributed by atoms with Gasteiger partial charge in [-0.3, -0.25) is 0 Å². The molecule has 34 heavy (non-hydrogen) atoms. The number of nitrogens with two attached hydrogens (primary N) is 1. The Kier molecular flexibility index (Phi) is 6.70. The number of rotatable bonds is 6. The minimum absolute atomic E-state index is 0.0782. The average Bonchev–Trinajstić information content (AvgIpc) is 3.19. The number of hydrogen-bond donors (Lipinski definition) is 1. The van der Waals surface area contributed by atoms with E-state index >= 15 is 0 Å². The van der Waals surface area contributed by atoms with Crippen LogP contribution in [0.5, 0.6) is 5.75 Å². The Morgan fingerprint density at radius 2 is 1.82 bits per heavy atom. The summed E-state index contributed by atoms with van der Waals surface area (Å²) < 4.78 is 40.9. The van der Waals surface area contributed by atoms with E-state index in [4.69, 9.17) is 15.2 Å². The highest BCUT2D eigenvalue weighted by molar-refractivity contribution is 9.10. The molecule has 0 spiro atoms. The Labute approximate surface area is 203 Å². The molecule has 0 aliphatic rings. The van der Waals surface area contributed by atoms with Crippen LogP contribution < -0.4 is 10.5 Å². The molecule has 5 nitrogen and oxygen atoms in total. The molecule has 1 heterocycles. The van der Waals surface area contributed by atoms with Crippen LogP contribution in [-0.4, -0.2) is 17.6 Å². The highest BCUT2D eigenvalue weighted by Crippen LogP contribution is 2.36. The summed E-state index contributed by atoms with van der Waals surface area (Å²) in [6.45, 7) is 1.85. The molecule has 3 aromatic carbocycles. The van der Waals surface area contributed by atoms with Crippen molar-refractivity contribution in [2.45, 2.75) is 13.5 Å². The van der Waals surface area contributed by atoms with Gasteiger partial charge in [0.2, 0.25) is 0 Å². The number of ether oxygens (including phenoxy) is 2. The molecule has 2 N–H and O–H groups in total. The van der Waals surface area contributed by atoms with Gasteiger partial charge in [0.25, 0.3) is 0 Å². The largest absolute Gasteiger partial charge is 0.488 e. The van der Waals surface area contributed by atoms with Gasteiger partial charge in [0.05, 0.1) is 18.4 Å². The van der Waals surface area contributed by atoms with Crippen molar-refractivity contribution in [1.82, 2.24) is 4.57 Å². The second kappa shape index (κ2) is 9.69. The topological polar surface area (TPSA) is 66.5 Å². The molecule has 0 radical (unpaired) electrons. The van der Waals surface area contributed by atoms with Crippen LogP contribution in [0.4, 0.5) is 14.5 Å². The predicted molar refractivity (Wildman–Crippen MR) is 130 cm³/mol. The SMILES string of the molecule is COC(=O)c1cc(N)cc(-n2c(C)ccc2-c2cc(Br)ccc2OCc2ccc(F)cc2F)c1. The van der Waals surface area contributed by atoms with E-state index in [2.05, 4.69) is 15.9 Å². The quantitative estimate of drug-likeness (QED) is 0.232. The molecule has 0 fully saturated rings. The summed E-state index contributed by atoms with van der Waals surface area (Å²) in [4.78, 5) is 12.1. The van der Waals surface area contributed by atoms with Gasteiger partial charge in [-0.1, -0.05) is 15.9 Å². The van der Waals surface area contributed by atoms with E-state index in [0.717, 1.165) is 27.5 Å². The minimum atomic E-state index is -0.673. The molecular formula is C26H21BrF2N2O3. The highest BCUT2D eigenvalue weighted by atomic mass is 79.9. The smallest absolute Gasteiger partial charge is 0.337 e. The fourth-order valence-electron chi connectivity index (χ4n) is 3.71. The Morgan fingerprint density at radius 1 is 1.03 bits per heavy atom. The average molecular weight is 527 g/mol. The van der Waals surface area contributed by atoms with Crippen LogP contribution in [0.2, 0.25) is 0 Å². The normalized spacial score (nSPS) is 10.9. The highest BCUT2D eigenvalue weighted by Gasteiger charge is 2.17. The summed E-state index contributed by atoms with van der Waals surface area (Å²) in [6, 6.07) is 17.7. The van der Waals surface area contributed by atoms with Crippen LogP contribution in [0.3, 0.4) is 0 Å². The van der Waals surface area contributed by atoms with Gasteiger partial charge in [-0.25, -0.2) is 13.6 Å². The lowest BCUT2D eigenvalue weighted by Gasteiger charge is -2.17. The van der Waals surface area contributed by atoms with Crippen molar-refractivity contribution in [3.63, 3.8) is 0 Å².